The lowest BCUT2D eigenvalue weighted by Crippen LogP contribution is -2.18. The van der Waals surface area contributed by atoms with Crippen LogP contribution in [0, 0.1) is 0 Å². The summed E-state index contributed by atoms with van der Waals surface area (Å²) in [6.07, 6.45) is 4.53. The molecule has 1 aromatic heterocycles. The normalized spacial score (nSPS) is 16.8. The van der Waals surface area contributed by atoms with Crippen molar-refractivity contribution in [3.8, 4) is 0 Å². The molecule has 0 unspecified atom stereocenters. The van der Waals surface area contributed by atoms with Crippen molar-refractivity contribution in [2.24, 2.45) is 0 Å². The fraction of sp³-hybridized carbons (Fsp3) is 0.357. The van der Waals surface area contributed by atoms with Crippen LogP contribution in [0.4, 0.5) is 0 Å². The van der Waals surface area contributed by atoms with Gasteiger partial charge in [-0.1, -0.05) is 6.07 Å². The van der Waals surface area contributed by atoms with Crippen molar-refractivity contribution in [3.05, 3.63) is 40.5 Å². The fourth-order valence-electron chi connectivity index (χ4n) is 2.50. The van der Waals surface area contributed by atoms with Gasteiger partial charge in [0, 0.05) is 22.6 Å². The Kier molecular flexibility index (Phi) is 3.12. The number of likely N-dealkylation sites (tertiary alicyclic amines) is 1. The second-order valence-corrected chi connectivity index (χ2v) is 5.49. The molecule has 0 spiro atoms. The smallest absolute Gasteiger partial charge is 0.0844 e. The van der Waals surface area contributed by atoms with Crippen LogP contribution in [0.5, 0.6) is 0 Å². The van der Waals surface area contributed by atoms with E-state index in [0.717, 1.165) is 16.5 Å². The molecule has 3 rings (SSSR count). The molecule has 3 heteroatoms. The van der Waals surface area contributed by atoms with Gasteiger partial charge in [-0.25, -0.2) is 0 Å². The zero-order valence-electron chi connectivity index (χ0n) is 9.69. The molecule has 88 valence electrons. The topological polar surface area (TPSA) is 16.1 Å². The summed E-state index contributed by atoms with van der Waals surface area (Å²) in [5.41, 5.74) is 2.43. The molecule has 0 atom stereocenters. The molecule has 0 saturated carbocycles. The van der Waals surface area contributed by atoms with Crippen molar-refractivity contribution in [1.82, 2.24) is 9.88 Å². The van der Waals surface area contributed by atoms with E-state index in [1.165, 1.54) is 36.9 Å². The summed E-state index contributed by atoms with van der Waals surface area (Å²) in [6, 6.07) is 8.58. The van der Waals surface area contributed by atoms with Crippen molar-refractivity contribution < 1.29 is 0 Å². The van der Waals surface area contributed by atoms with E-state index in [0.29, 0.717) is 0 Å². The standard InChI is InChI=1S/C14H15BrN2/c15-13-9-11(10-17-6-1-2-7-17)8-12-4-3-5-16-14(12)13/h3-5,8-9H,1-2,6-7,10H2. The van der Waals surface area contributed by atoms with Gasteiger partial charge in [-0.05, 0) is 65.6 Å². The molecule has 2 heterocycles. The van der Waals surface area contributed by atoms with Crippen molar-refractivity contribution >= 4 is 26.8 Å². The molecule has 1 aromatic carbocycles. The number of pyridine rings is 1. The molecule has 1 saturated heterocycles. The number of rotatable bonds is 2. The van der Waals surface area contributed by atoms with Crippen molar-refractivity contribution in [2.75, 3.05) is 13.1 Å². The van der Waals surface area contributed by atoms with Gasteiger partial charge in [0.15, 0.2) is 0 Å². The highest BCUT2D eigenvalue weighted by atomic mass is 79.9. The largest absolute Gasteiger partial charge is 0.299 e. The quantitative estimate of drug-likeness (QED) is 0.840. The third kappa shape index (κ3) is 2.35. The van der Waals surface area contributed by atoms with E-state index in [9.17, 15) is 0 Å². The predicted octanol–water partition coefficient (Wildman–Crippen LogP) is 3.59. The minimum absolute atomic E-state index is 1.05. The summed E-state index contributed by atoms with van der Waals surface area (Å²) in [5, 5.41) is 1.22. The molecular weight excluding hydrogens is 276 g/mol. The Morgan fingerprint density at radius 3 is 2.88 bits per heavy atom. The van der Waals surface area contributed by atoms with Gasteiger partial charge < -0.3 is 0 Å². The third-order valence-electron chi connectivity index (χ3n) is 3.32. The summed E-state index contributed by atoms with van der Waals surface area (Å²) >= 11 is 3.62. The van der Waals surface area contributed by atoms with E-state index in [1.807, 2.05) is 12.3 Å². The van der Waals surface area contributed by atoms with E-state index in [2.05, 4.69) is 44.0 Å². The first kappa shape index (κ1) is 11.2. The summed E-state index contributed by atoms with van der Waals surface area (Å²) in [7, 11) is 0. The molecular formula is C14H15BrN2. The van der Waals surface area contributed by atoms with Gasteiger partial charge in [-0.2, -0.15) is 0 Å². The second kappa shape index (κ2) is 4.75. The van der Waals surface area contributed by atoms with E-state index >= 15 is 0 Å². The molecule has 0 radical (unpaired) electrons. The molecule has 1 aliphatic heterocycles. The predicted molar refractivity (Wildman–Crippen MR) is 74.0 cm³/mol. The maximum atomic E-state index is 4.39. The third-order valence-corrected chi connectivity index (χ3v) is 3.93. The van der Waals surface area contributed by atoms with Crippen LogP contribution in [0.15, 0.2) is 34.9 Å². The highest BCUT2D eigenvalue weighted by Gasteiger charge is 2.12. The Bertz CT molecular complexity index is 533. The summed E-state index contributed by atoms with van der Waals surface area (Å²) in [6.45, 7) is 3.54. The van der Waals surface area contributed by atoms with Gasteiger partial charge >= 0.3 is 0 Å². The average Bonchev–Trinajstić information content (AvgIpc) is 2.82. The van der Waals surface area contributed by atoms with Crippen molar-refractivity contribution in [1.29, 1.82) is 0 Å². The minimum Gasteiger partial charge on any atom is -0.299 e. The molecule has 1 aliphatic rings. The van der Waals surface area contributed by atoms with Crippen LogP contribution in [-0.2, 0) is 6.54 Å². The Balaban J connectivity index is 1.94. The molecule has 2 nitrogen and oxygen atoms in total. The Morgan fingerprint density at radius 2 is 2.06 bits per heavy atom. The Morgan fingerprint density at radius 1 is 1.24 bits per heavy atom. The van der Waals surface area contributed by atoms with Crippen LogP contribution in [0.1, 0.15) is 18.4 Å². The molecule has 0 bridgehead atoms. The van der Waals surface area contributed by atoms with Crippen LogP contribution in [0.2, 0.25) is 0 Å². The van der Waals surface area contributed by atoms with E-state index in [4.69, 9.17) is 0 Å². The first-order valence-corrected chi connectivity index (χ1v) is 6.88. The van der Waals surface area contributed by atoms with Crippen LogP contribution in [0.25, 0.3) is 10.9 Å². The Hall–Kier alpha value is -0.930. The van der Waals surface area contributed by atoms with Crippen molar-refractivity contribution in [2.45, 2.75) is 19.4 Å². The average molecular weight is 291 g/mol. The van der Waals surface area contributed by atoms with Gasteiger partial charge in [0.05, 0.1) is 5.52 Å². The van der Waals surface area contributed by atoms with E-state index in [1.54, 1.807) is 0 Å². The van der Waals surface area contributed by atoms with Gasteiger partial charge in [0.1, 0.15) is 0 Å². The number of halogens is 1. The lowest BCUT2D eigenvalue weighted by Gasteiger charge is -2.15. The highest BCUT2D eigenvalue weighted by molar-refractivity contribution is 9.10. The molecule has 17 heavy (non-hydrogen) atoms. The lowest BCUT2D eigenvalue weighted by molar-refractivity contribution is 0.331. The van der Waals surface area contributed by atoms with Gasteiger partial charge in [-0.15, -0.1) is 0 Å². The maximum absolute atomic E-state index is 4.39. The number of nitrogens with zero attached hydrogens (tertiary/aromatic N) is 2. The van der Waals surface area contributed by atoms with Crippen LogP contribution in [-0.4, -0.2) is 23.0 Å². The molecule has 0 amide bonds. The SMILES string of the molecule is Brc1cc(CN2CCCC2)cc2cccnc12. The molecule has 1 fully saturated rings. The number of hydrogen-bond acceptors (Lipinski definition) is 2. The molecule has 2 aromatic rings. The van der Waals surface area contributed by atoms with Crippen LogP contribution < -0.4 is 0 Å². The van der Waals surface area contributed by atoms with Crippen LogP contribution >= 0.6 is 15.9 Å². The fourth-order valence-corrected chi connectivity index (χ4v) is 3.12. The van der Waals surface area contributed by atoms with Crippen LogP contribution in [0.3, 0.4) is 0 Å². The number of aromatic nitrogens is 1. The minimum atomic E-state index is 1.05. The Labute approximate surface area is 110 Å². The maximum Gasteiger partial charge on any atom is 0.0844 e. The van der Waals surface area contributed by atoms with Gasteiger partial charge in [-0.3, -0.25) is 9.88 Å². The zero-order valence-corrected chi connectivity index (χ0v) is 11.3. The zero-order chi connectivity index (χ0) is 11.7. The lowest BCUT2D eigenvalue weighted by atomic mass is 10.1. The summed E-state index contributed by atoms with van der Waals surface area (Å²) in [5.74, 6) is 0. The summed E-state index contributed by atoms with van der Waals surface area (Å²) < 4.78 is 1.10. The number of hydrogen-bond donors (Lipinski definition) is 0. The molecule has 0 aliphatic carbocycles. The van der Waals surface area contributed by atoms with E-state index in [-0.39, 0.29) is 0 Å². The van der Waals surface area contributed by atoms with Gasteiger partial charge in [0.2, 0.25) is 0 Å². The number of fused-ring (bicyclic) bond motifs is 1. The van der Waals surface area contributed by atoms with Gasteiger partial charge in [0.25, 0.3) is 0 Å². The number of benzene rings is 1. The monoisotopic (exact) mass is 290 g/mol. The first-order chi connectivity index (χ1) is 8.33. The summed E-state index contributed by atoms with van der Waals surface area (Å²) in [4.78, 5) is 6.91. The molecule has 0 N–H and O–H groups in total. The van der Waals surface area contributed by atoms with E-state index < -0.39 is 0 Å². The second-order valence-electron chi connectivity index (χ2n) is 4.64. The first-order valence-electron chi connectivity index (χ1n) is 6.08. The van der Waals surface area contributed by atoms with Crippen molar-refractivity contribution in [3.63, 3.8) is 0 Å². The highest BCUT2D eigenvalue weighted by Crippen LogP contribution is 2.25.